The third-order valence-electron chi connectivity index (χ3n) is 6.04. The van der Waals surface area contributed by atoms with Crippen molar-refractivity contribution in [1.29, 1.82) is 0 Å². The Kier molecular flexibility index (Phi) is 13.5. The largest absolute Gasteiger partial charge is 0.481 e. The Morgan fingerprint density at radius 2 is 1.36 bits per heavy atom. The Bertz CT molecular complexity index is 467. The lowest BCUT2D eigenvalue weighted by molar-refractivity contribution is -0.140. The van der Waals surface area contributed by atoms with Gasteiger partial charge in [-0.05, 0) is 63.2 Å². The molecule has 0 atom stereocenters. The molecule has 0 bridgehead atoms. The summed E-state index contributed by atoms with van der Waals surface area (Å²) in [5.74, 6) is -0.724. The summed E-state index contributed by atoms with van der Waals surface area (Å²) in [4.78, 5) is 29.3. The molecule has 0 rings (SSSR count). The van der Waals surface area contributed by atoms with Gasteiger partial charge in [0.2, 0.25) is 0 Å². The highest BCUT2D eigenvalue weighted by Crippen LogP contribution is 2.45. The summed E-state index contributed by atoms with van der Waals surface area (Å²) in [6.07, 6.45) is 8.08. The normalized spacial score (nSPS) is 13.1. The van der Waals surface area contributed by atoms with E-state index in [2.05, 4.69) is 13.8 Å². The maximum absolute atomic E-state index is 11.2. The number of carbonyl (C=O) groups is 1. The molecule has 0 aliphatic carbocycles. The number of aliphatic carboxylic acids is 1. The van der Waals surface area contributed by atoms with E-state index in [4.69, 9.17) is 24.2 Å². The van der Waals surface area contributed by atoms with Crippen molar-refractivity contribution < 1.29 is 33.5 Å². The molecule has 7 nitrogen and oxygen atoms in total. The lowest BCUT2D eigenvalue weighted by Gasteiger charge is -2.31. The van der Waals surface area contributed by atoms with Gasteiger partial charge in [-0.2, -0.15) is 0 Å². The third kappa shape index (κ3) is 11.5. The molecular formula is C20H41O7P. The number of rotatable bonds is 18. The van der Waals surface area contributed by atoms with Gasteiger partial charge in [0.25, 0.3) is 0 Å². The Labute approximate surface area is 170 Å². The minimum Gasteiger partial charge on any atom is -0.481 e. The summed E-state index contributed by atoms with van der Waals surface area (Å²) < 4.78 is 21.9. The molecule has 8 heteroatoms. The van der Waals surface area contributed by atoms with Crippen LogP contribution in [-0.2, 0) is 18.6 Å². The molecule has 28 heavy (non-hydrogen) atoms. The average Bonchev–Trinajstić information content (AvgIpc) is 2.63. The van der Waals surface area contributed by atoms with Crippen molar-refractivity contribution in [1.82, 2.24) is 0 Å². The maximum Gasteiger partial charge on any atom is 0.470 e. The SMILES string of the molecule is CCC(CC)(CCCCOCCCCC(CC)(CC)OP(=O)(O)O)CC(=O)O. The van der Waals surface area contributed by atoms with Crippen LogP contribution in [0, 0.1) is 5.41 Å². The van der Waals surface area contributed by atoms with Crippen LogP contribution in [0.3, 0.4) is 0 Å². The standard InChI is InChI=1S/C20H41O7P/c1-5-19(6-2,17-18(21)22)13-9-11-15-26-16-12-10-14-20(7-3,8-4)27-28(23,24)25/h5-17H2,1-4H3,(H,21,22)(H2,23,24,25). The van der Waals surface area contributed by atoms with E-state index in [0.29, 0.717) is 32.5 Å². The molecule has 0 aromatic heterocycles. The highest BCUT2D eigenvalue weighted by atomic mass is 31.2. The first-order valence-corrected chi connectivity index (χ1v) is 12.2. The van der Waals surface area contributed by atoms with E-state index in [1.807, 2.05) is 13.8 Å². The molecule has 0 saturated heterocycles. The van der Waals surface area contributed by atoms with Crippen molar-refractivity contribution in [3.05, 3.63) is 0 Å². The van der Waals surface area contributed by atoms with Gasteiger partial charge in [-0.3, -0.25) is 9.32 Å². The quantitative estimate of drug-likeness (QED) is 0.202. The predicted molar refractivity (Wildman–Crippen MR) is 110 cm³/mol. The van der Waals surface area contributed by atoms with Gasteiger partial charge in [0.1, 0.15) is 0 Å². The summed E-state index contributed by atoms with van der Waals surface area (Å²) >= 11 is 0. The molecule has 0 aromatic carbocycles. The van der Waals surface area contributed by atoms with Crippen molar-refractivity contribution in [3.8, 4) is 0 Å². The summed E-state index contributed by atoms with van der Waals surface area (Å²) in [6.45, 7) is 9.15. The second-order valence-corrected chi connectivity index (χ2v) is 8.94. The molecule has 0 aliphatic rings. The second-order valence-electron chi connectivity index (χ2n) is 7.78. The molecule has 168 valence electrons. The number of ether oxygens (including phenoxy) is 1. The fourth-order valence-corrected chi connectivity index (χ4v) is 4.60. The van der Waals surface area contributed by atoms with Crippen LogP contribution in [0.15, 0.2) is 0 Å². The van der Waals surface area contributed by atoms with Crippen molar-refractivity contribution >= 4 is 13.8 Å². The third-order valence-corrected chi connectivity index (χ3v) is 6.67. The molecule has 3 N–H and O–H groups in total. The highest BCUT2D eigenvalue weighted by molar-refractivity contribution is 7.46. The van der Waals surface area contributed by atoms with Crippen LogP contribution in [-0.4, -0.2) is 39.7 Å². The number of phosphoric ester groups is 1. The van der Waals surface area contributed by atoms with Crippen molar-refractivity contribution in [2.75, 3.05) is 13.2 Å². The smallest absolute Gasteiger partial charge is 0.470 e. The van der Waals surface area contributed by atoms with Crippen LogP contribution in [0.4, 0.5) is 0 Å². The monoisotopic (exact) mass is 424 g/mol. The molecule has 0 fully saturated rings. The molecule has 0 radical (unpaired) electrons. The minimum absolute atomic E-state index is 0.103. The van der Waals surface area contributed by atoms with E-state index in [1.54, 1.807) is 0 Å². The van der Waals surface area contributed by atoms with E-state index in [1.165, 1.54) is 0 Å². The van der Waals surface area contributed by atoms with E-state index < -0.39 is 19.4 Å². The van der Waals surface area contributed by atoms with Crippen molar-refractivity contribution in [2.45, 2.75) is 104 Å². The van der Waals surface area contributed by atoms with Crippen LogP contribution in [0.1, 0.15) is 98.3 Å². The first-order valence-electron chi connectivity index (χ1n) is 10.6. The number of hydrogen-bond donors (Lipinski definition) is 3. The van der Waals surface area contributed by atoms with Gasteiger partial charge in [0, 0.05) is 13.2 Å². The average molecular weight is 425 g/mol. The Morgan fingerprint density at radius 3 is 1.75 bits per heavy atom. The molecule has 0 amide bonds. The van der Waals surface area contributed by atoms with Crippen LogP contribution in [0.25, 0.3) is 0 Å². The van der Waals surface area contributed by atoms with E-state index in [9.17, 15) is 9.36 Å². The molecule has 0 unspecified atom stereocenters. The van der Waals surface area contributed by atoms with E-state index in [0.717, 1.165) is 44.9 Å². The van der Waals surface area contributed by atoms with Crippen LogP contribution in [0.5, 0.6) is 0 Å². The number of carboxylic acids is 1. The zero-order valence-electron chi connectivity index (χ0n) is 18.1. The molecule has 0 heterocycles. The van der Waals surface area contributed by atoms with Gasteiger partial charge < -0.3 is 19.6 Å². The summed E-state index contributed by atoms with van der Waals surface area (Å²) in [7, 11) is -4.49. The number of hydrogen-bond acceptors (Lipinski definition) is 4. The van der Waals surface area contributed by atoms with Crippen molar-refractivity contribution in [3.63, 3.8) is 0 Å². The fraction of sp³-hybridized carbons (Fsp3) is 0.950. The van der Waals surface area contributed by atoms with E-state index in [-0.39, 0.29) is 11.8 Å². The Hall–Kier alpha value is -0.460. The molecule has 0 spiro atoms. The van der Waals surface area contributed by atoms with E-state index >= 15 is 0 Å². The number of phosphoric acid groups is 1. The van der Waals surface area contributed by atoms with Crippen molar-refractivity contribution in [2.24, 2.45) is 5.41 Å². The zero-order valence-corrected chi connectivity index (χ0v) is 19.0. The zero-order chi connectivity index (χ0) is 21.7. The molecular weight excluding hydrogens is 383 g/mol. The Balaban J connectivity index is 4.03. The first kappa shape index (κ1) is 27.5. The van der Waals surface area contributed by atoms with Crippen LogP contribution in [0.2, 0.25) is 0 Å². The van der Waals surface area contributed by atoms with Gasteiger partial charge in [0.05, 0.1) is 12.0 Å². The molecule has 0 aromatic rings. The lowest BCUT2D eigenvalue weighted by atomic mass is 9.75. The van der Waals surface area contributed by atoms with Gasteiger partial charge in [-0.1, -0.05) is 34.1 Å². The minimum atomic E-state index is -4.49. The fourth-order valence-electron chi connectivity index (χ4n) is 3.75. The van der Waals surface area contributed by atoms with Gasteiger partial charge in [-0.15, -0.1) is 0 Å². The summed E-state index contributed by atoms with van der Waals surface area (Å²) in [5, 5.41) is 9.11. The van der Waals surface area contributed by atoms with Gasteiger partial charge >= 0.3 is 13.8 Å². The number of unbranched alkanes of at least 4 members (excludes halogenated alkanes) is 2. The second kappa shape index (κ2) is 13.7. The van der Waals surface area contributed by atoms with Gasteiger partial charge in [-0.25, -0.2) is 4.57 Å². The predicted octanol–water partition coefficient (Wildman–Crippen LogP) is 5.29. The maximum atomic E-state index is 11.2. The van der Waals surface area contributed by atoms with Crippen LogP contribution < -0.4 is 0 Å². The topological polar surface area (TPSA) is 113 Å². The molecule has 0 saturated carbocycles. The first-order chi connectivity index (χ1) is 13.1. The molecule has 0 aliphatic heterocycles. The number of carboxylic acid groups (broad SMARTS) is 1. The lowest BCUT2D eigenvalue weighted by Crippen LogP contribution is -2.30. The highest BCUT2D eigenvalue weighted by Gasteiger charge is 2.34. The summed E-state index contributed by atoms with van der Waals surface area (Å²) in [6, 6.07) is 0. The Morgan fingerprint density at radius 1 is 0.857 bits per heavy atom. The van der Waals surface area contributed by atoms with Crippen LogP contribution >= 0.6 is 7.82 Å². The summed E-state index contributed by atoms with van der Waals surface area (Å²) in [5.41, 5.74) is -0.874. The van der Waals surface area contributed by atoms with Gasteiger partial charge in [0.15, 0.2) is 0 Å².